The minimum absolute atomic E-state index is 0.0913. The van der Waals surface area contributed by atoms with Crippen molar-refractivity contribution < 1.29 is 38.1 Å². The van der Waals surface area contributed by atoms with Gasteiger partial charge in [-0.1, -0.05) is 0 Å². The van der Waals surface area contributed by atoms with E-state index in [1.807, 2.05) is 0 Å². The van der Waals surface area contributed by atoms with Crippen LogP contribution in [0.1, 0.15) is 34.6 Å². The molecule has 0 radical (unpaired) electrons. The largest absolute Gasteiger partial charge is 0.371 e. The second kappa shape index (κ2) is 7.61. The second-order valence-corrected chi connectivity index (χ2v) is 10.8. The van der Waals surface area contributed by atoms with Crippen LogP contribution in [0, 0.1) is 0 Å². The number of ether oxygens (including phenoxy) is 4. The molecule has 0 spiro atoms. The van der Waals surface area contributed by atoms with Gasteiger partial charge < -0.3 is 28.7 Å². The van der Waals surface area contributed by atoms with E-state index in [0.717, 1.165) is 9.80 Å². The molecule has 4 unspecified atom stereocenters. The maximum atomic E-state index is 13.5. The van der Waals surface area contributed by atoms with E-state index >= 15 is 0 Å². The van der Waals surface area contributed by atoms with E-state index in [-0.39, 0.29) is 38.0 Å². The molecule has 0 aromatic carbocycles. The topological polar surface area (TPSA) is 128 Å². The number of carbonyl (C=O) groups excluding carboxylic acids is 4. The van der Waals surface area contributed by atoms with Gasteiger partial charge in [0.25, 0.3) is 11.8 Å². The molecule has 5 saturated heterocycles. The number of hydrogen-bond acceptors (Lipinski definition) is 8. The molecule has 5 aliphatic rings. The van der Waals surface area contributed by atoms with Crippen molar-refractivity contribution in [3.63, 3.8) is 0 Å². The molecule has 0 aliphatic carbocycles. The van der Waals surface area contributed by atoms with E-state index in [1.165, 1.54) is 9.80 Å². The van der Waals surface area contributed by atoms with Gasteiger partial charge in [0.05, 0.1) is 58.3 Å². The Labute approximate surface area is 198 Å². The summed E-state index contributed by atoms with van der Waals surface area (Å²) >= 11 is 0. The molecular weight excluding hydrogens is 448 g/mol. The Kier molecular flexibility index (Phi) is 5.25. The Morgan fingerprint density at radius 2 is 1.29 bits per heavy atom. The van der Waals surface area contributed by atoms with Crippen LogP contribution in [0.5, 0.6) is 0 Å². The number of epoxide rings is 3. The predicted octanol–water partition coefficient (Wildman–Crippen LogP) is 0.00120. The van der Waals surface area contributed by atoms with Gasteiger partial charge in [-0.05, 0) is 34.6 Å². The molecule has 188 valence electrons. The lowest BCUT2D eigenvalue weighted by Crippen LogP contribution is -2.60. The maximum absolute atomic E-state index is 13.5. The fourth-order valence-corrected chi connectivity index (χ4v) is 4.59. The Hall–Kier alpha value is -2.28. The summed E-state index contributed by atoms with van der Waals surface area (Å²) in [5.74, 6) is -0.879. The van der Waals surface area contributed by atoms with Crippen LogP contribution in [0.4, 0.5) is 9.59 Å². The number of hydrogen-bond donors (Lipinski definition) is 0. The standard InChI is InChI=1S/C22H32N4O8/c1-20(2)16(27)23(18(29)24(20)6-13-8-31-13)12-22(5,34-11-15-10-33-15)26-17(28)21(3,4)25(19(26)30)7-14-9-32-14/h13-15H,6-12H2,1-5H3. The monoisotopic (exact) mass is 480 g/mol. The zero-order valence-electron chi connectivity index (χ0n) is 20.2. The molecule has 5 rings (SSSR count). The van der Waals surface area contributed by atoms with Crippen molar-refractivity contribution in [2.24, 2.45) is 0 Å². The zero-order valence-corrected chi connectivity index (χ0v) is 20.2. The van der Waals surface area contributed by atoms with Gasteiger partial charge in [-0.15, -0.1) is 0 Å². The quantitative estimate of drug-likeness (QED) is 0.316. The van der Waals surface area contributed by atoms with Crippen molar-refractivity contribution in [2.75, 3.05) is 46.1 Å². The average molecular weight is 481 g/mol. The summed E-state index contributed by atoms with van der Waals surface area (Å²) in [6.45, 7) is 10.3. The molecule has 12 nitrogen and oxygen atoms in total. The van der Waals surface area contributed by atoms with Crippen molar-refractivity contribution >= 4 is 23.9 Å². The molecule has 6 amide bonds. The molecule has 5 aliphatic heterocycles. The summed E-state index contributed by atoms with van der Waals surface area (Å²) in [4.78, 5) is 58.8. The first kappa shape index (κ1) is 23.5. The first-order chi connectivity index (χ1) is 15.9. The van der Waals surface area contributed by atoms with Gasteiger partial charge in [0.2, 0.25) is 0 Å². The number of urea groups is 2. The minimum Gasteiger partial charge on any atom is -0.371 e. The van der Waals surface area contributed by atoms with Gasteiger partial charge in [-0.3, -0.25) is 14.5 Å². The van der Waals surface area contributed by atoms with Gasteiger partial charge in [0, 0.05) is 0 Å². The van der Waals surface area contributed by atoms with E-state index in [0.29, 0.717) is 26.4 Å². The first-order valence-corrected chi connectivity index (χ1v) is 11.6. The van der Waals surface area contributed by atoms with Gasteiger partial charge >= 0.3 is 12.1 Å². The Bertz CT molecular complexity index is 926. The predicted molar refractivity (Wildman–Crippen MR) is 114 cm³/mol. The lowest BCUT2D eigenvalue weighted by Gasteiger charge is -2.38. The zero-order chi connectivity index (χ0) is 24.6. The van der Waals surface area contributed by atoms with Gasteiger partial charge in [0.15, 0.2) is 5.72 Å². The van der Waals surface area contributed by atoms with Crippen molar-refractivity contribution in [2.45, 2.75) is 69.7 Å². The third kappa shape index (κ3) is 3.86. The van der Waals surface area contributed by atoms with Gasteiger partial charge in [-0.25, -0.2) is 14.5 Å². The summed E-state index contributed by atoms with van der Waals surface area (Å²) in [6, 6.07) is -1.03. The summed E-state index contributed by atoms with van der Waals surface area (Å²) in [6.07, 6.45) is -0.351. The lowest BCUT2D eigenvalue weighted by molar-refractivity contribution is -0.165. The van der Waals surface area contributed by atoms with E-state index in [1.54, 1.807) is 34.6 Å². The lowest BCUT2D eigenvalue weighted by atomic mass is 10.0. The molecule has 5 fully saturated rings. The SMILES string of the molecule is CC(CN1C(=O)N(CC2CO2)C(C)(C)C1=O)(OCC1CO1)N1C(=O)N(CC2CO2)C(C)(C)C1=O. The summed E-state index contributed by atoms with van der Waals surface area (Å²) in [7, 11) is 0. The van der Waals surface area contributed by atoms with Crippen molar-refractivity contribution in [1.82, 2.24) is 19.6 Å². The summed E-state index contributed by atoms with van der Waals surface area (Å²) in [5, 5.41) is 0. The molecule has 5 heterocycles. The highest BCUT2D eigenvalue weighted by atomic mass is 16.6. The fourth-order valence-electron chi connectivity index (χ4n) is 4.59. The van der Waals surface area contributed by atoms with E-state index in [9.17, 15) is 19.2 Å². The van der Waals surface area contributed by atoms with Crippen molar-refractivity contribution in [3.8, 4) is 0 Å². The van der Waals surface area contributed by atoms with Crippen molar-refractivity contribution in [1.29, 1.82) is 0 Å². The first-order valence-electron chi connectivity index (χ1n) is 11.6. The van der Waals surface area contributed by atoms with Gasteiger partial charge in [-0.2, -0.15) is 0 Å². The van der Waals surface area contributed by atoms with Crippen LogP contribution in [0.2, 0.25) is 0 Å². The van der Waals surface area contributed by atoms with E-state index < -0.39 is 40.7 Å². The molecule has 0 aromatic rings. The molecular formula is C22H32N4O8. The molecule has 4 atom stereocenters. The normalized spacial score (nSPS) is 33.1. The molecule has 0 N–H and O–H groups in total. The summed E-state index contributed by atoms with van der Waals surface area (Å²) in [5.41, 5.74) is -3.79. The summed E-state index contributed by atoms with van der Waals surface area (Å²) < 4.78 is 21.9. The van der Waals surface area contributed by atoms with Crippen LogP contribution in [-0.2, 0) is 28.5 Å². The van der Waals surface area contributed by atoms with Crippen LogP contribution in [0.3, 0.4) is 0 Å². The van der Waals surface area contributed by atoms with Crippen LogP contribution in [-0.4, -0.2) is 125 Å². The van der Waals surface area contributed by atoms with Crippen LogP contribution < -0.4 is 0 Å². The van der Waals surface area contributed by atoms with E-state index in [2.05, 4.69) is 0 Å². The molecule has 34 heavy (non-hydrogen) atoms. The number of carbonyl (C=O) groups is 4. The van der Waals surface area contributed by atoms with Crippen molar-refractivity contribution in [3.05, 3.63) is 0 Å². The highest BCUT2D eigenvalue weighted by Crippen LogP contribution is 2.38. The fraction of sp³-hybridized carbons (Fsp3) is 0.818. The Morgan fingerprint density at radius 1 is 0.824 bits per heavy atom. The number of rotatable bonds is 10. The molecule has 0 bridgehead atoms. The van der Waals surface area contributed by atoms with Crippen LogP contribution in [0.25, 0.3) is 0 Å². The third-order valence-electron chi connectivity index (χ3n) is 7.21. The maximum Gasteiger partial charge on any atom is 0.330 e. The Morgan fingerprint density at radius 3 is 1.79 bits per heavy atom. The number of imide groups is 2. The second-order valence-electron chi connectivity index (χ2n) is 10.8. The highest BCUT2D eigenvalue weighted by Gasteiger charge is 2.61. The molecule has 0 aromatic heterocycles. The third-order valence-corrected chi connectivity index (χ3v) is 7.21. The van der Waals surface area contributed by atoms with Gasteiger partial charge in [0.1, 0.15) is 17.2 Å². The van der Waals surface area contributed by atoms with Crippen LogP contribution in [0.15, 0.2) is 0 Å². The highest BCUT2D eigenvalue weighted by molar-refractivity contribution is 6.08. The number of nitrogens with zero attached hydrogens (tertiary/aromatic N) is 4. The molecule has 0 saturated carbocycles. The smallest absolute Gasteiger partial charge is 0.330 e. The van der Waals surface area contributed by atoms with E-state index in [4.69, 9.17) is 18.9 Å². The average Bonchev–Trinajstić information content (AvgIpc) is 3.60. The number of amides is 6. The molecule has 12 heteroatoms. The van der Waals surface area contributed by atoms with Crippen LogP contribution >= 0.6 is 0 Å². The Balaban J connectivity index is 1.43. The minimum atomic E-state index is -1.58.